The summed E-state index contributed by atoms with van der Waals surface area (Å²) < 4.78 is 70.6. The molecule has 3 aromatic carbocycles. The molecule has 5 rings (SSSR count). The maximum atomic E-state index is 14.8. The van der Waals surface area contributed by atoms with Gasteiger partial charge in [-0.1, -0.05) is 31.2 Å². The molecular formula is C28H22F5N5. The topological polar surface area (TPSA) is 59.4 Å². The van der Waals surface area contributed by atoms with E-state index in [2.05, 4.69) is 9.83 Å². The van der Waals surface area contributed by atoms with Gasteiger partial charge < -0.3 is 10.6 Å². The van der Waals surface area contributed by atoms with Gasteiger partial charge in [-0.05, 0) is 48.2 Å². The van der Waals surface area contributed by atoms with Crippen LogP contribution in [-0.4, -0.2) is 29.1 Å². The molecule has 0 unspecified atom stereocenters. The van der Waals surface area contributed by atoms with Gasteiger partial charge in [0.1, 0.15) is 11.6 Å². The number of hydrogen-bond acceptors (Lipinski definition) is 4. The van der Waals surface area contributed by atoms with Gasteiger partial charge in [0, 0.05) is 35.6 Å². The number of nitrogens with two attached hydrogens (primary N) is 1. The van der Waals surface area contributed by atoms with E-state index >= 15 is 0 Å². The Labute approximate surface area is 215 Å². The molecule has 1 aliphatic rings. The van der Waals surface area contributed by atoms with Crippen LogP contribution in [0.4, 0.5) is 33.6 Å². The van der Waals surface area contributed by atoms with Crippen molar-refractivity contribution in [2.24, 2.45) is 11.7 Å². The van der Waals surface area contributed by atoms with Gasteiger partial charge >= 0.3 is 6.18 Å². The zero-order valence-electron chi connectivity index (χ0n) is 20.2. The SMILES string of the molecule is [C-]#[N+]c1ccc(-c2nc(N3CC[C@@H](N)[C@H](C)C3)nc3ccc(-c4c(F)cccc4C(F)(F)F)cc23)cc1F. The van der Waals surface area contributed by atoms with E-state index in [9.17, 15) is 22.0 Å². The first-order valence-electron chi connectivity index (χ1n) is 11.9. The largest absolute Gasteiger partial charge is 0.417 e. The number of aromatic nitrogens is 2. The van der Waals surface area contributed by atoms with E-state index in [0.717, 1.165) is 30.7 Å². The number of rotatable bonds is 3. The average molecular weight is 524 g/mol. The standard InChI is InChI=1S/C28H22F5N5/c1-15-14-38(11-10-22(15)34)27-36-23-8-6-16(25-19(28(31,32)33)4-3-5-20(25)29)12-18(23)26(37-27)17-7-9-24(35-2)21(30)13-17/h3-9,12-13,15,22H,10-11,14,34H2,1H3/t15-,22-/m1/s1. The number of nitrogens with zero attached hydrogens (tertiary/aromatic N) is 4. The van der Waals surface area contributed by atoms with E-state index in [1.165, 1.54) is 30.3 Å². The number of anilines is 1. The second-order valence-corrected chi connectivity index (χ2v) is 9.42. The van der Waals surface area contributed by atoms with Crippen molar-refractivity contribution in [2.45, 2.75) is 25.6 Å². The molecule has 2 atom stereocenters. The molecule has 0 spiro atoms. The first-order chi connectivity index (χ1) is 18.1. The van der Waals surface area contributed by atoms with Gasteiger partial charge in [-0.15, -0.1) is 0 Å². The molecule has 38 heavy (non-hydrogen) atoms. The van der Waals surface area contributed by atoms with Crippen molar-refractivity contribution in [2.75, 3.05) is 18.0 Å². The van der Waals surface area contributed by atoms with Crippen LogP contribution in [0, 0.1) is 24.1 Å². The van der Waals surface area contributed by atoms with Crippen LogP contribution in [0.2, 0.25) is 0 Å². The lowest BCUT2D eigenvalue weighted by Gasteiger charge is -2.35. The zero-order valence-corrected chi connectivity index (χ0v) is 20.2. The maximum absolute atomic E-state index is 14.8. The molecule has 0 aliphatic carbocycles. The van der Waals surface area contributed by atoms with Crippen LogP contribution in [-0.2, 0) is 6.18 Å². The molecule has 0 bridgehead atoms. The van der Waals surface area contributed by atoms with E-state index in [1.54, 1.807) is 0 Å². The van der Waals surface area contributed by atoms with Crippen LogP contribution in [0.3, 0.4) is 0 Å². The molecule has 10 heteroatoms. The molecule has 2 heterocycles. The van der Waals surface area contributed by atoms with Crippen molar-refractivity contribution in [1.29, 1.82) is 0 Å². The van der Waals surface area contributed by atoms with Gasteiger partial charge in [0.2, 0.25) is 11.6 Å². The Morgan fingerprint density at radius 3 is 2.45 bits per heavy atom. The lowest BCUT2D eigenvalue weighted by atomic mass is 9.95. The Balaban J connectivity index is 1.74. The minimum atomic E-state index is -4.78. The van der Waals surface area contributed by atoms with Crippen molar-refractivity contribution < 1.29 is 22.0 Å². The molecule has 0 radical (unpaired) electrons. The molecule has 0 amide bonds. The molecule has 0 saturated carbocycles. The van der Waals surface area contributed by atoms with Crippen LogP contribution in [0.25, 0.3) is 38.1 Å². The Morgan fingerprint density at radius 1 is 1.00 bits per heavy atom. The monoisotopic (exact) mass is 523 g/mol. The van der Waals surface area contributed by atoms with E-state index in [1.807, 2.05) is 11.8 Å². The summed E-state index contributed by atoms with van der Waals surface area (Å²) in [6.45, 7) is 10.3. The van der Waals surface area contributed by atoms with Crippen molar-refractivity contribution >= 4 is 22.5 Å². The molecule has 194 valence electrons. The van der Waals surface area contributed by atoms with E-state index < -0.39 is 28.9 Å². The third-order valence-corrected chi connectivity index (χ3v) is 6.89. The van der Waals surface area contributed by atoms with Crippen molar-refractivity contribution in [3.05, 3.63) is 83.2 Å². The fraction of sp³-hybridized carbons (Fsp3) is 0.250. The quantitative estimate of drug-likeness (QED) is 0.232. The zero-order chi connectivity index (χ0) is 27.2. The van der Waals surface area contributed by atoms with Crippen LogP contribution in [0.5, 0.6) is 0 Å². The smallest absolute Gasteiger partial charge is 0.340 e. The van der Waals surface area contributed by atoms with Crippen molar-refractivity contribution in [1.82, 2.24) is 9.97 Å². The molecular weight excluding hydrogens is 501 g/mol. The molecule has 1 aromatic heterocycles. The summed E-state index contributed by atoms with van der Waals surface area (Å²) in [5.74, 6) is -1.24. The lowest BCUT2D eigenvalue weighted by Crippen LogP contribution is -2.46. The van der Waals surface area contributed by atoms with Gasteiger partial charge in [0.25, 0.3) is 0 Å². The average Bonchev–Trinajstić information content (AvgIpc) is 2.88. The molecule has 1 aliphatic heterocycles. The van der Waals surface area contributed by atoms with E-state index in [4.69, 9.17) is 17.3 Å². The van der Waals surface area contributed by atoms with Crippen LogP contribution < -0.4 is 10.6 Å². The second kappa shape index (κ2) is 9.65. The number of piperidine rings is 1. The number of benzene rings is 3. The maximum Gasteiger partial charge on any atom is 0.417 e. The highest BCUT2D eigenvalue weighted by molar-refractivity contribution is 5.96. The highest BCUT2D eigenvalue weighted by atomic mass is 19.4. The normalized spacial score (nSPS) is 18.0. The summed E-state index contributed by atoms with van der Waals surface area (Å²) in [6.07, 6.45) is -4.06. The minimum Gasteiger partial charge on any atom is -0.340 e. The molecule has 4 aromatic rings. The summed E-state index contributed by atoms with van der Waals surface area (Å²) in [6, 6.07) is 11.1. The molecule has 1 fully saturated rings. The summed E-state index contributed by atoms with van der Waals surface area (Å²) in [7, 11) is 0. The van der Waals surface area contributed by atoms with Crippen LogP contribution >= 0.6 is 0 Å². The lowest BCUT2D eigenvalue weighted by molar-refractivity contribution is -0.137. The van der Waals surface area contributed by atoms with Gasteiger partial charge in [0.15, 0.2) is 0 Å². The Morgan fingerprint density at radius 2 is 1.76 bits per heavy atom. The van der Waals surface area contributed by atoms with Crippen LogP contribution in [0.1, 0.15) is 18.9 Å². The van der Waals surface area contributed by atoms with E-state index in [0.29, 0.717) is 35.5 Å². The fourth-order valence-corrected chi connectivity index (χ4v) is 4.78. The summed E-state index contributed by atoms with van der Waals surface area (Å²) in [4.78, 5) is 14.4. The highest BCUT2D eigenvalue weighted by Gasteiger charge is 2.35. The number of fused-ring (bicyclic) bond motifs is 1. The molecule has 2 N–H and O–H groups in total. The first-order valence-corrected chi connectivity index (χ1v) is 11.9. The van der Waals surface area contributed by atoms with Gasteiger partial charge in [-0.25, -0.2) is 23.6 Å². The number of hydrogen-bond donors (Lipinski definition) is 1. The number of alkyl halides is 3. The minimum absolute atomic E-state index is 0.0173. The predicted molar refractivity (Wildman–Crippen MR) is 136 cm³/mol. The third kappa shape index (κ3) is 4.65. The van der Waals surface area contributed by atoms with Crippen molar-refractivity contribution in [3.63, 3.8) is 0 Å². The first kappa shape index (κ1) is 25.5. The van der Waals surface area contributed by atoms with Crippen molar-refractivity contribution in [3.8, 4) is 22.4 Å². The Bertz CT molecular complexity index is 1580. The number of halogens is 5. The van der Waals surface area contributed by atoms with Gasteiger partial charge in [-0.3, -0.25) is 0 Å². The Kier molecular flexibility index (Phi) is 6.49. The highest BCUT2D eigenvalue weighted by Crippen LogP contribution is 2.40. The van der Waals surface area contributed by atoms with Gasteiger partial charge in [-0.2, -0.15) is 13.2 Å². The summed E-state index contributed by atoms with van der Waals surface area (Å²) in [5.41, 5.74) is 5.23. The van der Waals surface area contributed by atoms with Crippen LogP contribution in [0.15, 0.2) is 54.6 Å². The summed E-state index contributed by atoms with van der Waals surface area (Å²) in [5, 5.41) is 0.319. The Hall–Kier alpha value is -4.10. The van der Waals surface area contributed by atoms with Gasteiger partial charge in [0.05, 0.1) is 23.3 Å². The fourth-order valence-electron chi connectivity index (χ4n) is 4.78. The van der Waals surface area contributed by atoms with E-state index in [-0.39, 0.29) is 28.9 Å². The molecule has 1 saturated heterocycles. The molecule has 5 nitrogen and oxygen atoms in total. The third-order valence-electron chi connectivity index (χ3n) is 6.89. The summed E-state index contributed by atoms with van der Waals surface area (Å²) >= 11 is 0. The second-order valence-electron chi connectivity index (χ2n) is 9.42. The predicted octanol–water partition coefficient (Wildman–Crippen LogP) is 6.99.